The van der Waals surface area contributed by atoms with Crippen molar-refractivity contribution in [2.45, 2.75) is 13.8 Å². The fraction of sp³-hybridized carbons (Fsp3) is 0.300. The summed E-state index contributed by atoms with van der Waals surface area (Å²) >= 11 is 1.20. The van der Waals surface area contributed by atoms with Gasteiger partial charge in [0.2, 0.25) is 0 Å². The quantitative estimate of drug-likeness (QED) is 0.451. The van der Waals surface area contributed by atoms with Gasteiger partial charge in [0.15, 0.2) is 5.13 Å². The van der Waals surface area contributed by atoms with Crippen LogP contribution in [0.1, 0.15) is 24.2 Å². The van der Waals surface area contributed by atoms with Crippen LogP contribution in [-0.2, 0) is 0 Å². The fourth-order valence-corrected chi connectivity index (χ4v) is 4.14. The number of hydrogen-bond donors (Lipinski definition) is 1. The molecule has 3 rings (SSSR count). The van der Waals surface area contributed by atoms with E-state index >= 15 is 0 Å². The molecule has 0 aliphatic rings. The smallest absolute Gasteiger partial charge is 0.282 e. The van der Waals surface area contributed by atoms with E-state index in [4.69, 9.17) is 0 Å². The first-order valence-corrected chi connectivity index (χ1v) is 10.2. The van der Waals surface area contributed by atoms with E-state index in [1.165, 1.54) is 45.4 Å². The molecular formula is C20H22FN4O3S+. The summed E-state index contributed by atoms with van der Waals surface area (Å²) in [7, 11) is 0. The first kappa shape index (κ1) is 20.8. The number of quaternary nitrogens is 1. The van der Waals surface area contributed by atoms with Gasteiger partial charge in [0.25, 0.3) is 11.6 Å². The monoisotopic (exact) mass is 417 g/mol. The zero-order chi connectivity index (χ0) is 21.0. The van der Waals surface area contributed by atoms with Gasteiger partial charge in [-0.2, -0.15) is 0 Å². The van der Waals surface area contributed by atoms with Gasteiger partial charge in [0.05, 0.1) is 35.8 Å². The first-order chi connectivity index (χ1) is 14.0. The molecule has 0 saturated heterocycles. The van der Waals surface area contributed by atoms with Gasteiger partial charge in [0, 0.05) is 6.07 Å². The number of para-hydroxylation sites is 2. The van der Waals surface area contributed by atoms with Crippen LogP contribution in [0.25, 0.3) is 10.2 Å². The number of aromatic nitrogens is 1. The number of carbonyl (C=O) groups is 1. The molecule has 0 aliphatic heterocycles. The standard InChI is InChI=1S/C20H21FN4O3S/c1-3-23(4-2)12-13-24(19(26)14-8-5-6-10-16(14)25(27)28)20-22-18-15(21)9-7-11-17(18)29-20/h5-11H,3-4,12-13H2,1-2H3/p+1. The van der Waals surface area contributed by atoms with E-state index in [1.54, 1.807) is 18.2 Å². The van der Waals surface area contributed by atoms with Crippen molar-refractivity contribution in [2.75, 3.05) is 31.1 Å². The lowest BCUT2D eigenvalue weighted by Crippen LogP contribution is -3.12. The Bertz CT molecular complexity index is 1040. The number of anilines is 1. The van der Waals surface area contributed by atoms with Crippen LogP contribution < -0.4 is 9.80 Å². The topological polar surface area (TPSA) is 80.8 Å². The van der Waals surface area contributed by atoms with Gasteiger partial charge in [-0.25, -0.2) is 9.37 Å². The summed E-state index contributed by atoms with van der Waals surface area (Å²) in [4.78, 5) is 31.2. The number of carbonyl (C=O) groups excluding carboxylic acids is 1. The summed E-state index contributed by atoms with van der Waals surface area (Å²) < 4.78 is 14.7. The highest BCUT2D eigenvalue weighted by Gasteiger charge is 2.28. The second-order valence-electron chi connectivity index (χ2n) is 6.52. The van der Waals surface area contributed by atoms with E-state index in [1.807, 2.05) is 0 Å². The second-order valence-corrected chi connectivity index (χ2v) is 7.53. The van der Waals surface area contributed by atoms with Crippen molar-refractivity contribution in [3.63, 3.8) is 0 Å². The van der Waals surface area contributed by atoms with Crippen molar-refractivity contribution < 1.29 is 19.0 Å². The van der Waals surface area contributed by atoms with E-state index in [9.17, 15) is 19.3 Å². The third-order valence-electron chi connectivity index (χ3n) is 4.85. The predicted octanol–water partition coefficient (Wildman–Crippen LogP) is 2.92. The molecule has 0 atom stereocenters. The van der Waals surface area contributed by atoms with E-state index in [0.29, 0.717) is 22.9 Å². The molecule has 1 amide bonds. The normalized spacial score (nSPS) is 11.2. The van der Waals surface area contributed by atoms with Crippen LogP contribution in [0.15, 0.2) is 42.5 Å². The molecule has 1 heterocycles. The second kappa shape index (κ2) is 9.06. The molecular weight excluding hydrogens is 395 g/mol. The highest BCUT2D eigenvalue weighted by atomic mass is 32.1. The van der Waals surface area contributed by atoms with Crippen molar-refractivity contribution >= 4 is 38.3 Å². The molecule has 3 aromatic rings. The van der Waals surface area contributed by atoms with E-state index in [0.717, 1.165) is 13.1 Å². The zero-order valence-electron chi connectivity index (χ0n) is 16.2. The van der Waals surface area contributed by atoms with E-state index < -0.39 is 16.6 Å². The van der Waals surface area contributed by atoms with Gasteiger partial charge < -0.3 is 4.90 Å². The highest BCUT2D eigenvalue weighted by molar-refractivity contribution is 7.22. The van der Waals surface area contributed by atoms with Crippen molar-refractivity contribution in [2.24, 2.45) is 0 Å². The summed E-state index contributed by atoms with van der Waals surface area (Å²) in [6.07, 6.45) is 0. The maximum Gasteiger partial charge on any atom is 0.282 e. The van der Waals surface area contributed by atoms with E-state index in [-0.39, 0.29) is 16.8 Å². The maximum absolute atomic E-state index is 14.1. The number of halogens is 1. The molecule has 0 spiro atoms. The molecule has 0 unspecified atom stereocenters. The number of benzene rings is 2. The van der Waals surface area contributed by atoms with Crippen LogP contribution in [-0.4, -0.2) is 42.0 Å². The molecule has 2 aromatic carbocycles. The summed E-state index contributed by atoms with van der Waals surface area (Å²) in [5.41, 5.74) is -0.0696. The van der Waals surface area contributed by atoms with Crippen molar-refractivity contribution in [1.82, 2.24) is 4.98 Å². The Hall–Kier alpha value is -2.91. The number of amides is 1. The molecule has 0 fully saturated rings. The fourth-order valence-electron chi connectivity index (χ4n) is 3.14. The van der Waals surface area contributed by atoms with Gasteiger partial charge in [-0.3, -0.25) is 19.8 Å². The van der Waals surface area contributed by atoms with Crippen molar-refractivity contribution in [3.05, 3.63) is 64.0 Å². The highest BCUT2D eigenvalue weighted by Crippen LogP contribution is 2.32. The summed E-state index contributed by atoms with van der Waals surface area (Å²) in [6.45, 7) is 6.86. The predicted molar refractivity (Wildman–Crippen MR) is 111 cm³/mol. The molecule has 1 aromatic heterocycles. The van der Waals surface area contributed by atoms with Crippen molar-refractivity contribution in [1.29, 1.82) is 0 Å². The number of nitrogens with zero attached hydrogens (tertiary/aromatic N) is 3. The minimum Gasteiger partial charge on any atom is -0.334 e. The first-order valence-electron chi connectivity index (χ1n) is 9.40. The Kier molecular flexibility index (Phi) is 6.50. The molecule has 152 valence electrons. The maximum atomic E-state index is 14.1. The van der Waals surface area contributed by atoms with Crippen LogP contribution in [0.2, 0.25) is 0 Å². The number of nitro groups is 1. The molecule has 7 nitrogen and oxygen atoms in total. The van der Waals surface area contributed by atoms with Gasteiger partial charge in [-0.05, 0) is 32.0 Å². The number of rotatable bonds is 8. The Morgan fingerprint density at radius 2 is 1.93 bits per heavy atom. The van der Waals surface area contributed by atoms with Gasteiger partial charge >= 0.3 is 0 Å². The molecule has 0 radical (unpaired) electrons. The van der Waals surface area contributed by atoms with Gasteiger partial charge in [-0.1, -0.05) is 29.5 Å². The average molecular weight is 417 g/mol. The Labute approximate surface area is 171 Å². The van der Waals surface area contributed by atoms with Crippen LogP contribution in [0.3, 0.4) is 0 Å². The Morgan fingerprint density at radius 1 is 1.21 bits per heavy atom. The molecule has 0 aliphatic carbocycles. The third kappa shape index (κ3) is 4.41. The largest absolute Gasteiger partial charge is 0.334 e. The lowest BCUT2D eigenvalue weighted by atomic mass is 10.1. The molecule has 9 heteroatoms. The van der Waals surface area contributed by atoms with Crippen molar-refractivity contribution in [3.8, 4) is 0 Å². The number of likely N-dealkylation sites (N-methyl/N-ethyl adjacent to an activating group) is 1. The lowest BCUT2D eigenvalue weighted by Gasteiger charge is -2.23. The number of thiazole rings is 1. The van der Waals surface area contributed by atoms with Crippen LogP contribution in [0.5, 0.6) is 0 Å². The number of fused-ring (bicyclic) bond motifs is 1. The average Bonchev–Trinajstić information content (AvgIpc) is 3.16. The minimum atomic E-state index is -0.570. The zero-order valence-corrected chi connectivity index (χ0v) is 17.0. The van der Waals surface area contributed by atoms with Crippen LogP contribution in [0, 0.1) is 15.9 Å². The summed E-state index contributed by atoms with van der Waals surface area (Å²) in [6, 6.07) is 10.5. The molecule has 1 N–H and O–H groups in total. The molecule has 0 saturated carbocycles. The lowest BCUT2D eigenvalue weighted by molar-refractivity contribution is -0.894. The molecule has 29 heavy (non-hydrogen) atoms. The number of hydrogen-bond acceptors (Lipinski definition) is 5. The summed E-state index contributed by atoms with van der Waals surface area (Å²) in [5.74, 6) is -0.972. The van der Waals surface area contributed by atoms with Crippen LogP contribution in [0.4, 0.5) is 15.2 Å². The summed E-state index contributed by atoms with van der Waals surface area (Å²) in [5, 5.41) is 11.7. The van der Waals surface area contributed by atoms with Gasteiger partial charge in [-0.15, -0.1) is 0 Å². The molecule has 0 bridgehead atoms. The Morgan fingerprint density at radius 3 is 2.59 bits per heavy atom. The third-order valence-corrected chi connectivity index (χ3v) is 5.90. The SMILES string of the molecule is CC[NH+](CC)CCN(C(=O)c1ccccc1[N+](=O)[O-])c1nc2c(F)cccc2s1. The van der Waals surface area contributed by atoms with Crippen LogP contribution >= 0.6 is 11.3 Å². The number of nitrogens with one attached hydrogen (secondary N) is 1. The minimum absolute atomic E-state index is 0.00762. The Balaban J connectivity index is 2.04. The van der Waals surface area contributed by atoms with Gasteiger partial charge in [0.1, 0.15) is 16.9 Å². The van der Waals surface area contributed by atoms with E-state index in [2.05, 4.69) is 18.8 Å². The number of nitro benzene ring substituents is 1.